The van der Waals surface area contributed by atoms with Crippen LogP contribution >= 0.6 is 0 Å². The molecule has 0 bridgehead atoms. The number of benzene rings is 2. The van der Waals surface area contributed by atoms with E-state index in [1.54, 1.807) is 33.9 Å². The van der Waals surface area contributed by atoms with Crippen LogP contribution in [0.4, 0.5) is 0 Å². The molecule has 0 radical (unpaired) electrons. The monoisotopic (exact) mass is 496 g/mol. The van der Waals surface area contributed by atoms with E-state index >= 15 is 0 Å². The first-order valence-corrected chi connectivity index (χ1v) is 12.4. The topological polar surface area (TPSA) is 121 Å². The molecule has 11 heteroatoms. The summed E-state index contributed by atoms with van der Waals surface area (Å²) in [6.45, 7) is 8.95. The Morgan fingerprint density at radius 1 is 0.853 bits per heavy atom. The number of sulfonamides is 1. The van der Waals surface area contributed by atoms with Crippen LogP contribution in [0.2, 0.25) is 0 Å². The van der Waals surface area contributed by atoms with Gasteiger partial charge in [-0.3, -0.25) is 10.2 Å². The highest BCUT2D eigenvalue weighted by atomic mass is 32.2. The smallest absolute Gasteiger partial charge is 0.266 e. The molecule has 0 aliphatic rings. The Labute approximate surface area is 200 Å². The fourth-order valence-corrected chi connectivity index (χ4v) is 3.87. The highest BCUT2D eigenvalue weighted by molar-refractivity contribution is 7.89. The van der Waals surface area contributed by atoms with Gasteiger partial charge in [0.25, 0.3) is 15.9 Å². The van der Waals surface area contributed by atoms with Crippen LogP contribution in [0.1, 0.15) is 36.7 Å². The minimum Gasteiger partial charge on any atom is -0.491 e. The molecule has 34 heavy (non-hydrogen) atoms. The molecule has 0 aromatic heterocycles. The Kier molecular flexibility index (Phi) is 10.4. The molecule has 0 saturated heterocycles. The van der Waals surface area contributed by atoms with Crippen molar-refractivity contribution in [3.8, 4) is 23.0 Å². The van der Waals surface area contributed by atoms with Gasteiger partial charge in [-0.2, -0.15) is 0 Å². The fraction of sp³-hybridized carbons (Fsp3) is 0.435. The highest BCUT2D eigenvalue weighted by Crippen LogP contribution is 2.39. The van der Waals surface area contributed by atoms with Gasteiger partial charge in [-0.25, -0.2) is 8.42 Å². The number of ether oxygens (including phenoxy) is 5. The lowest BCUT2D eigenvalue weighted by molar-refractivity contribution is 0.0944. The largest absolute Gasteiger partial charge is 0.491 e. The molecule has 0 unspecified atom stereocenters. The van der Waals surface area contributed by atoms with Crippen LogP contribution in [0.3, 0.4) is 0 Å². The van der Waals surface area contributed by atoms with Gasteiger partial charge in [0.1, 0.15) is 12.4 Å². The molecule has 188 valence electrons. The Hall–Kier alpha value is -3.02. The SMILES string of the molecule is CCOc1cc(C(=O)NNS(=O)(=O)c2ccc(OCCOC)c(C)c2)cc(OCC)c1OCC. The summed E-state index contributed by atoms with van der Waals surface area (Å²) in [6, 6.07) is 7.33. The maximum atomic E-state index is 12.8. The van der Waals surface area contributed by atoms with E-state index in [4.69, 9.17) is 23.7 Å². The van der Waals surface area contributed by atoms with Gasteiger partial charge in [0.15, 0.2) is 11.5 Å². The van der Waals surface area contributed by atoms with Crippen LogP contribution in [0.5, 0.6) is 23.0 Å². The van der Waals surface area contributed by atoms with E-state index in [9.17, 15) is 13.2 Å². The van der Waals surface area contributed by atoms with Gasteiger partial charge in [0.2, 0.25) is 5.75 Å². The van der Waals surface area contributed by atoms with E-state index in [-0.39, 0.29) is 10.5 Å². The summed E-state index contributed by atoms with van der Waals surface area (Å²) in [7, 11) is -2.47. The average Bonchev–Trinajstić information content (AvgIpc) is 2.80. The van der Waals surface area contributed by atoms with E-state index in [0.717, 1.165) is 0 Å². The van der Waals surface area contributed by atoms with Crippen molar-refractivity contribution in [2.45, 2.75) is 32.6 Å². The summed E-state index contributed by atoms with van der Waals surface area (Å²) < 4.78 is 52.7. The summed E-state index contributed by atoms with van der Waals surface area (Å²) in [5.41, 5.74) is 2.99. The Balaban J connectivity index is 2.20. The standard InChI is InChI=1S/C23H32N2O8S/c1-6-30-20-14-17(15-21(31-7-2)22(20)32-8-3)23(26)24-25-34(27,28)18-9-10-19(16(4)13-18)33-12-11-29-5/h9-10,13-15,25H,6-8,11-12H2,1-5H3,(H,24,26). The van der Waals surface area contributed by atoms with Crippen LogP contribution in [-0.2, 0) is 14.8 Å². The lowest BCUT2D eigenvalue weighted by atomic mass is 10.1. The maximum absolute atomic E-state index is 12.8. The molecule has 0 atom stereocenters. The number of amides is 1. The summed E-state index contributed by atoms with van der Waals surface area (Å²) in [5.74, 6) is 0.878. The third-order valence-electron chi connectivity index (χ3n) is 4.47. The van der Waals surface area contributed by atoms with Crippen LogP contribution in [-0.4, -0.2) is 54.5 Å². The Bertz CT molecular complexity index is 1050. The number of hydrazine groups is 1. The van der Waals surface area contributed by atoms with Gasteiger partial charge in [-0.15, -0.1) is 4.83 Å². The zero-order chi connectivity index (χ0) is 25.1. The molecule has 0 aliphatic heterocycles. The zero-order valence-electron chi connectivity index (χ0n) is 20.1. The van der Waals surface area contributed by atoms with Gasteiger partial charge in [-0.1, -0.05) is 0 Å². The first kappa shape index (κ1) is 27.2. The minimum atomic E-state index is -4.03. The number of rotatable bonds is 14. The van der Waals surface area contributed by atoms with E-state index in [1.165, 1.54) is 24.3 Å². The Morgan fingerprint density at radius 2 is 1.47 bits per heavy atom. The molecule has 0 saturated carbocycles. The number of hydrogen-bond donors (Lipinski definition) is 2. The van der Waals surface area contributed by atoms with E-state index in [2.05, 4.69) is 10.3 Å². The van der Waals surface area contributed by atoms with Crippen molar-refractivity contribution >= 4 is 15.9 Å². The molecule has 2 aromatic rings. The van der Waals surface area contributed by atoms with E-state index < -0.39 is 15.9 Å². The Morgan fingerprint density at radius 3 is 2.00 bits per heavy atom. The minimum absolute atomic E-state index is 0.0268. The van der Waals surface area contributed by atoms with Crippen molar-refractivity contribution in [3.05, 3.63) is 41.5 Å². The molecule has 0 heterocycles. The molecular weight excluding hydrogens is 464 g/mol. The second-order valence-corrected chi connectivity index (χ2v) is 8.61. The molecular formula is C23H32N2O8S. The normalized spacial score (nSPS) is 11.1. The summed E-state index contributed by atoms with van der Waals surface area (Å²) in [6.07, 6.45) is 0. The van der Waals surface area contributed by atoms with Gasteiger partial charge in [0, 0.05) is 12.7 Å². The number of nitrogens with one attached hydrogen (secondary N) is 2. The number of aryl methyl sites for hydroxylation is 1. The highest BCUT2D eigenvalue weighted by Gasteiger charge is 2.21. The van der Waals surface area contributed by atoms with Gasteiger partial charge >= 0.3 is 0 Å². The molecule has 2 aromatic carbocycles. The number of methoxy groups -OCH3 is 1. The van der Waals surface area contributed by atoms with Crippen molar-refractivity contribution in [2.24, 2.45) is 0 Å². The first-order chi connectivity index (χ1) is 16.3. The molecule has 0 aliphatic carbocycles. The third-order valence-corrected chi connectivity index (χ3v) is 5.72. The lowest BCUT2D eigenvalue weighted by Crippen LogP contribution is -2.41. The van der Waals surface area contributed by atoms with Crippen molar-refractivity contribution in [2.75, 3.05) is 40.1 Å². The molecule has 2 N–H and O–H groups in total. The van der Waals surface area contributed by atoms with Crippen molar-refractivity contribution < 1.29 is 36.9 Å². The van der Waals surface area contributed by atoms with Crippen LogP contribution < -0.4 is 29.2 Å². The summed E-state index contributed by atoms with van der Waals surface area (Å²) >= 11 is 0. The fourth-order valence-electron chi connectivity index (χ4n) is 2.95. The molecule has 10 nitrogen and oxygen atoms in total. The zero-order valence-corrected chi connectivity index (χ0v) is 20.9. The lowest BCUT2D eigenvalue weighted by Gasteiger charge is -2.17. The van der Waals surface area contributed by atoms with Gasteiger partial charge < -0.3 is 23.7 Å². The number of carbonyl (C=O) groups is 1. The van der Waals surface area contributed by atoms with E-state index in [1.807, 2.05) is 6.92 Å². The van der Waals surface area contributed by atoms with Gasteiger partial charge in [-0.05, 0) is 63.6 Å². The number of hydrogen-bond acceptors (Lipinski definition) is 8. The molecule has 2 rings (SSSR count). The average molecular weight is 497 g/mol. The van der Waals surface area contributed by atoms with Gasteiger partial charge in [0.05, 0.1) is 31.3 Å². The molecule has 0 fully saturated rings. The van der Waals surface area contributed by atoms with Crippen LogP contribution in [0.15, 0.2) is 35.2 Å². The predicted octanol–water partition coefficient (Wildman–Crippen LogP) is 2.84. The second-order valence-electron chi connectivity index (χ2n) is 6.93. The van der Waals surface area contributed by atoms with Crippen LogP contribution in [0.25, 0.3) is 0 Å². The predicted molar refractivity (Wildman–Crippen MR) is 126 cm³/mol. The maximum Gasteiger partial charge on any atom is 0.266 e. The third kappa shape index (κ3) is 7.24. The first-order valence-electron chi connectivity index (χ1n) is 10.9. The van der Waals surface area contributed by atoms with Crippen LogP contribution in [0, 0.1) is 6.92 Å². The summed E-state index contributed by atoms with van der Waals surface area (Å²) in [5, 5.41) is 0. The van der Waals surface area contributed by atoms with Crippen molar-refractivity contribution in [3.63, 3.8) is 0 Å². The number of carbonyl (C=O) groups excluding carboxylic acids is 1. The summed E-state index contributed by atoms with van der Waals surface area (Å²) in [4.78, 5) is 14.8. The quantitative estimate of drug-likeness (QED) is 0.303. The van der Waals surface area contributed by atoms with E-state index in [0.29, 0.717) is 61.6 Å². The second kappa shape index (κ2) is 13.0. The molecule has 1 amide bonds. The molecule has 0 spiro atoms. The van der Waals surface area contributed by atoms with Crippen molar-refractivity contribution in [1.29, 1.82) is 0 Å². The van der Waals surface area contributed by atoms with Crippen molar-refractivity contribution in [1.82, 2.24) is 10.3 Å².